The van der Waals surface area contributed by atoms with Crippen molar-refractivity contribution in [2.45, 2.75) is 18.8 Å². The van der Waals surface area contributed by atoms with Crippen molar-refractivity contribution in [1.29, 1.82) is 0 Å². The molecule has 0 saturated carbocycles. The van der Waals surface area contributed by atoms with Crippen molar-refractivity contribution in [3.8, 4) is 0 Å². The fourth-order valence-electron chi connectivity index (χ4n) is 2.75. The smallest absolute Gasteiger partial charge is 0.213 e. The van der Waals surface area contributed by atoms with Gasteiger partial charge in [0.15, 0.2) is 0 Å². The number of sulfonamides is 1. The Labute approximate surface area is 132 Å². The lowest BCUT2D eigenvalue weighted by atomic mass is 9.98. The Morgan fingerprint density at radius 3 is 2.71 bits per heavy atom. The van der Waals surface area contributed by atoms with E-state index in [0.29, 0.717) is 12.3 Å². The summed E-state index contributed by atoms with van der Waals surface area (Å²) in [5, 5.41) is 0.833. The normalized spacial score (nSPS) is 20.3. The van der Waals surface area contributed by atoms with E-state index in [1.165, 1.54) is 9.87 Å². The Bertz CT molecular complexity index is 575. The average molecular weight is 331 g/mol. The average Bonchev–Trinajstić information content (AvgIpc) is 2.87. The lowest BCUT2D eigenvalue weighted by Gasteiger charge is -2.17. The van der Waals surface area contributed by atoms with E-state index in [1.807, 2.05) is 18.2 Å². The van der Waals surface area contributed by atoms with E-state index in [-0.39, 0.29) is 5.75 Å². The van der Waals surface area contributed by atoms with Crippen LogP contribution in [-0.4, -0.2) is 57.1 Å². The molecule has 1 aromatic carbocycles. The van der Waals surface area contributed by atoms with Crippen LogP contribution < -0.4 is 0 Å². The van der Waals surface area contributed by atoms with Gasteiger partial charge in [0.1, 0.15) is 0 Å². The minimum atomic E-state index is -3.08. The van der Waals surface area contributed by atoms with Crippen molar-refractivity contribution in [3.05, 3.63) is 34.9 Å². The minimum absolute atomic E-state index is 0.216. The van der Waals surface area contributed by atoms with Gasteiger partial charge in [0.05, 0.1) is 5.75 Å². The first kappa shape index (κ1) is 16.7. The topological polar surface area (TPSA) is 40.6 Å². The van der Waals surface area contributed by atoms with E-state index < -0.39 is 10.0 Å². The molecule has 1 fully saturated rings. The molecule has 6 heteroatoms. The summed E-state index contributed by atoms with van der Waals surface area (Å²) in [6.45, 7) is 2.80. The third kappa shape index (κ3) is 4.42. The van der Waals surface area contributed by atoms with Gasteiger partial charge in [-0.15, -0.1) is 0 Å². The highest BCUT2D eigenvalue weighted by Gasteiger charge is 2.25. The van der Waals surface area contributed by atoms with Gasteiger partial charge < -0.3 is 4.90 Å². The third-order valence-electron chi connectivity index (χ3n) is 4.05. The zero-order valence-electron chi connectivity index (χ0n) is 12.6. The van der Waals surface area contributed by atoms with Gasteiger partial charge in [-0.3, -0.25) is 0 Å². The number of nitrogens with zero attached hydrogens (tertiary/aromatic N) is 2. The molecule has 2 rings (SSSR count). The van der Waals surface area contributed by atoms with Crippen LogP contribution in [0, 0.1) is 0 Å². The summed E-state index contributed by atoms with van der Waals surface area (Å²) >= 11 is 6.25. The Kier molecular flexibility index (Phi) is 5.66. The quantitative estimate of drug-likeness (QED) is 0.804. The molecule has 0 N–H and O–H groups in total. The second kappa shape index (κ2) is 7.09. The zero-order chi connectivity index (χ0) is 15.5. The zero-order valence-corrected chi connectivity index (χ0v) is 14.2. The molecule has 4 nitrogen and oxygen atoms in total. The molecule has 0 aromatic heterocycles. The van der Waals surface area contributed by atoms with Crippen molar-refractivity contribution in [3.63, 3.8) is 0 Å². The first-order valence-electron chi connectivity index (χ1n) is 7.27. The van der Waals surface area contributed by atoms with E-state index in [1.54, 1.807) is 14.1 Å². The molecule has 0 bridgehead atoms. The van der Waals surface area contributed by atoms with Gasteiger partial charge in [-0.05, 0) is 43.5 Å². The standard InChI is InChI=1S/C15H23ClN2O2S/c1-17(2)21(19,20)11-5-9-18-10-8-13(12-18)14-6-3-4-7-15(14)16/h3-4,6-7,13H,5,8-12H2,1-2H3/t13-/m1/s1. The summed E-state index contributed by atoms with van der Waals surface area (Å²) in [5.74, 6) is 0.678. The Morgan fingerprint density at radius 1 is 1.33 bits per heavy atom. The van der Waals surface area contributed by atoms with Crippen LogP contribution in [0.5, 0.6) is 0 Å². The highest BCUT2D eigenvalue weighted by molar-refractivity contribution is 7.89. The SMILES string of the molecule is CN(C)S(=O)(=O)CCCN1CC[C@@H](c2ccccc2Cl)C1. The van der Waals surface area contributed by atoms with E-state index >= 15 is 0 Å². The molecule has 1 atom stereocenters. The third-order valence-corrected chi connectivity index (χ3v) is 6.31. The Balaban J connectivity index is 1.83. The number of rotatable bonds is 6. The van der Waals surface area contributed by atoms with Gasteiger partial charge in [-0.1, -0.05) is 29.8 Å². The fourth-order valence-corrected chi connectivity index (χ4v) is 3.90. The summed E-state index contributed by atoms with van der Waals surface area (Å²) in [5.41, 5.74) is 1.21. The number of halogens is 1. The van der Waals surface area contributed by atoms with Gasteiger partial charge in [0, 0.05) is 25.7 Å². The van der Waals surface area contributed by atoms with Crippen molar-refractivity contribution in [2.75, 3.05) is 39.5 Å². The van der Waals surface area contributed by atoms with Gasteiger partial charge >= 0.3 is 0 Å². The van der Waals surface area contributed by atoms with Crippen LogP contribution in [0.1, 0.15) is 24.3 Å². The molecular weight excluding hydrogens is 308 g/mol. The van der Waals surface area contributed by atoms with Crippen LogP contribution >= 0.6 is 11.6 Å². The fraction of sp³-hybridized carbons (Fsp3) is 0.600. The highest BCUT2D eigenvalue weighted by atomic mass is 35.5. The van der Waals surface area contributed by atoms with E-state index in [4.69, 9.17) is 11.6 Å². The molecule has 1 aromatic rings. The first-order chi connectivity index (χ1) is 9.90. The molecule has 21 heavy (non-hydrogen) atoms. The monoisotopic (exact) mass is 330 g/mol. The summed E-state index contributed by atoms with van der Waals surface area (Å²) in [6.07, 6.45) is 1.76. The van der Waals surface area contributed by atoms with Crippen LogP contribution in [0.15, 0.2) is 24.3 Å². The maximum atomic E-state index is 11.7. The largest absolute Gasteiger partial charge is 0.303 e. The van der Waals surface area contributed by atoms with Gasteiger partial charge in [0.25, 0.3) is 0 Å². The van der Waals surface area contributed by atoms with Crippen LogP contribution in [0.25, 0.3) is 0 Å². The van der Waals surface area contributed by atoms with Gasteiger partial charge in [-0.2, -0.15) is 0 Å². The summed E-state index contributed by atoms with van der Waals surface area (Å²) in [6, 6.07) is 7.99. The Morgan fingerprint density at radius 2 is 2.05 bits per heavy atom. The minimum Gasteiger partial charge on any atom is -0.303 e. The van der Waals surface area contributed by atoms with E-state index in [0.717, 1.165) is 31.1 Å². The summed E-state index contributed by atoms with van der Waals surface area (Å²) in [7, 11) is 0.0872. The number of benzene rings is 1. The summed E-state index contributed by atoms with van der Waals surface area (Å²) in [4.78, 5) is 2.33. The molecular formula is C15H23ClN2O2S. The predicted octanol–water partition coefficient (Wildman–Crippen LogP) is 2.41. The Hall–Kier alpha value is -0.620. The first-order valence-corrected chi connectivity index (χ1v) is 9.26. The van der Waals surface area contributed by atoms with Crippen LogP contribution in [-0.2, 0) is 10.0 Å². The van der Waals surface area contributed by atoms with E-state index in [2.05, 4.69) is 11.0 Å². The number of hydrogen-bond acceptors (Lipinski definition) is 3. The number of likely N-dealkylation sites (tertiary alicyclic amines) is 1. The van der Waals surface area contributed by atoms with Gasteiger partial charge in [0.2, 0.25) is 10.0 Å². The maximum absolute atomic E-state index is 11.7. The van der Waals surface area contributed by atoms with E-state index in [9.17, 15) is 8.42 Å². The van der Waals surface area contributed by atoms with Crippen LogP contribution in [0.4, 0.5) is 0 Å². The molecule has 1 saturated heterocycles. The molecule has 0 aliphatic carbocycles. The van der Waals surface area contributed by atoms with Crippen LogP contribution in [0.2, 0.25) is 5.02 Å². The lowest BCUT2D eigenvalue weighted by molar-refractivity contribution is 0.334. The number of hydrogen-bond donors (Lipinski definition) is 0. The predicted molar refractivity (Wildman–Crippen MR) is 87.3 cm³/mol. The van der Waals surface area contributed by atoms with Crippen molar-refractivity contribution in [2.24, 2.45) is 0 Å². The molecule has 0 radical (unpaired) electrons. The van der Waals surface area contributed by atoms with Gasteiger partial charge in [-0.25, -0.2) is 12.7 Å². The maximum Gasteiger partial charge on any atom is 0.213 e. The van der Waals surface area contributed by atoms with Crippen LogP contribution in [0.3, 0.4) is 0 Å². The second-order valence-corrected chi connectivity index (χ2v) is 8.47. The highest BCUT2D eigenvalue weighted by Crippen LogP contribution is 2.31. The molecule has 1 aliphatic heterocycles. The molecule has 1 aliphatic rings. The second-order valence-electron chi connectivity index (χ2n) is 5.76. The molecule has 0 amide bonds. The molecule has 118 valence electrons. The molecule has 0 unspecified atom stereocenters. The molecule has 0 spiro atoms. The summed E-state index contributed by atoms with van der Waals surface area (Å²) < 4.78 is 24.7. The molecule has 1 heterocycles. The van der Waals surface area contributed by atoms with Crippen molar-refractivity contribution < 1.29 is 8.42 Å². The lowest BCUT2D eigenvalue weighted by Crippen LogP contribution is -2.28. The van der Waals surface area contributed by atoms with Crippen molar-refractivity contribution in [1.82, 2.24) is 9.21 Å². The van der Waals surface area contributed by atoms with Crippen molar-refractivity contribution >= 4 is 21.6 Å².